The van der Waals surface area contributed by atoms with Gasteiger partial charge in [-0.2, -0.15) is 0 Å². The fraction of sp³-hybridized carbons (Fsp3) is 0.118. The van der Waals surface area contributed by atoms with Crippen LogP contribution >= 0.6 is 0 Å². The molecule has 0 aliphatic carbocycles. The molecule has 23 heavy (non-hydrogen) atoms. The van der Waals surface area contributed by atoms with E-state index in [2.05, 4.69) is 20.1 Å². The van der Waals surface area contributed by atoms with Gasteiger partial charge < -0.3 is 16.0 Å². The molecule has 6 nitrogen and oxygen atoms in total. The Morgan fingerprint density at radius 3 is 2.83 bits per heavy atom. The van der Waals surface area contributed by atoms with Gasteiger partial charge >= 0.3 is 0 Å². The maximum atomic E-state index is 12.1. The molecule has 3 aromatic rings. The Labute approximate surface area is 133 Å². The number of benzene rings is 1. The van der Waals surface area contributed by atoms with E-state index in [1.54, 1.807) is 24.3 Å². The summed E-state index contributed by atoms with van der Waals surface area (Å²) in [5, 5.41) is 2.81. The molecular formula is C17H15N5O. The molecule has 0 saturated carbocycles. The fourth-order valence-electron chi connectivity index (χ4n) is 2.38. The number of fused-ring (bicyclic) bond motifs is 1. The van der Waals surface area contributed by atoms with Crippen molar-refractivity contribution in [3.05, 3.63) is 64.6 Å². The van der Waals surface area contributed by atoms with Crippen molar-refractivity contribution in [1.29, 1.82) is 0 Å². The standard InChI is InChI=1S/C17H15N5O/c1-10-8-12-15(22-16(10)18)14(19-2)13(21-12)9-20-17(23)11-6-4-3-5-7-11/h3-8,21H,9H2,1H3,(H2,18,22)(H,20,23). The molecule has 114 valence electrons. The number of nitrogens with two attached hydrogens (primary N) is 1. The van der Waals surface area contributed by atoms with Crippen LogP contribution in [0.5, 0.6) is 0 Å². The molecule has 0 fully saturated rings. The van der Waals surface area contributed by atoms with Gasteiger partial charge in [0.2, 0.25) is 5.69 Å². The van der Waals surface area contributed by atoms with Crippen LogP contribution in [0.1, 0.15) is 21.6 Å². The molecule has 0 unspecified atom stereocenters. The zero-order chi connectivity index (χ0) is 16.4. The number of nitrogens with zero attached hydrogens (tertiary/aromatic N) is 2. The number of aryl methyl sites for hydroxylation is 1. The van der Waals surface area contributed by atoms with Crippen LogP contribution in [0.4, 0.5) is 11.5 Å². The molecule has 0 saturated heterocycles. The number of carbonyl (C=O) groups excluding carboxylic acids is 1. The Morgan fingerprint density at radius 2 is 2.13 bits per heavy atom. The summed E-state index contributed by atoms with van der Waals surface area (Å²) in [6, 6.07) is 10.8. The minimum absolute atomic E-state index is 0.191. The Balaban J connectivity index is 1.89. The van der Waals surface area contributed by atoms with Gasteiger partial charge in [0, 0.05) is 17.8 Å². The number of H-pyrrole nitrogens is 1. The molecule has 0 spiro atoms. The summed E-state index contributed by atoms with van der Waals surface area (Å²) >= 11 is 0. The molecule has 0 radical (unpaired) electrons. The molecule has 4 N–H and O–H groups in total. The lowest BCUT2D eigenvalue weighted by Gasteiger charge is -2.04. The molecule has 1 amide bonds. The Morgan fingerprint density at radius 1 is 1.39 bits per heavy atom. The molecule has 6 heteroatoms. The second-order valence-corrected chi connectivity index (χ2v) is 5.20. The predicted octanol–water partition coefficient (Wildman–Crippen LogP) is 2.93. The summed E-state index contributed by atoms with van der Waals surface area (Å²) in [6.07, 6.45) is 0. The van der Waals surface area contributed by atoms with Crippen molar-refractivity contribution >= 4 is 28.4 Å². The number of aromatic amines is 1. The van der Waals surface area contributed by atoms with Crippen molar-refractivity contribution in [3.63, 3.8) is 0 Å². The number of carbonyl (C=O) groups is 1. The van der Waals surface area contributed by atoms with Gasteiger partial charge in [-0.1, -0.05) is 18.2 Å². The second-order valence-electron chi connectivity index (χ2n) is 5.20. The van der Waals surface area contributed by atoms with E-state index in [-0.39, 0.29) is 12.5 Å². The molecule has 0 bridgehead atoms. The number of amides is 1. The van der Waals surface area contributed by atoms with Gasteiger partial charge in [-0.05, 0) is 30.7 Å². The van der Waals surface area contributed by atoms with E-state index < -0.39 is 0 Å². The molecule has 0 aliphatic rings. The Kier molecular flexibility index (Phi) is 3.69. The van der Waals surface area contributed by atoms with E-state index in [1.165, 1.54) is 0 Å². The number of anilines is 1. The topological polar surface area (TPSA) is 88.2 Å². The minimum atomic E-state index is -0.191. The number of pyridine rings is 1. The molecule has 1 aromatic carbocycles. The summed E-state index contributed by atoms with van der Waals surface area (Å²) in [7, 11) is 0. The van der Waals surface area contributed by atoms with Crippen molar-refractivity contribution < 1.29 is 4.79 Å². The average Bonchev–Trinajstić information content (AvgIpc) is 2.90. The Bertz CT molecular complexity index is 922. The van der Waals surface area contributed by atoms with E-state index in [9.17, 15) is 4.79 Å². The average molecular weight is 305 g/mol. The smallest absolute Gasteiger partial charge is 0.251 e. The van der Waals surface area contributed by atoms with Crippen molar-refractivity contribution in [3.8, 4) is 0 Å². The van der Waals surface area contributed by atoms with Crippen molar-refractivity contribution in [2.24, 2.45) is 0 Å². The third kappa shape index (κ3) is 2.72. The lowest BCUT2D eigenvalue weighted by atomic mass is 10.2. The lowest BCUT2D eigenvalue weighted by molar-refractivity contribution is 0.0950. The van der Waals surface area contributed by atoms with Crippen LogP contribution in [0, 0.1) is 13.5 Å². The van der Waals surface area contributed by atoms with Crippen molar-refractivity contribution in [1.82, 2.24) is 15.3 Å². The highest BCUT2D eigenvalue weighted by Crippen LogP contribution is 2.30. The largest absolute Gasteiger partial charge is 0.384 e. The van der Waals surface area contributed by atoms with Gasteiger partial charge in [0.1, 0.15) is 5.82 Å². The number of nitrogen functional groups attached to an aromatic ring is 1. The first-order valence-electron chi connectivity index (χ1n) is 7.08. The van der Waals surface area contributed by atoms with Gasteiger partial charge in [-0.25, -0.2) is 9.83 Å². The van der Waals surface area contributed by atoms with Crippen molar-refractivity contribution in [2.75, 3.05) is 5.73 Å². The number of aromatic nitrogens is 2. The Hall–Kier alpha value is -3.33. The SMILES string of the molecule is [C-]#[N+]c1c(CNC(=O)c2ccccc2)[nH]c2cc(C)c(N)nc12. The molecule has 2 heterocycles. The van der Waals surface area contributed by atoms with Gasteiger partial charge in [0.05, 0.1) is 17.6 Å². The molecule has 2 aromatic heterocycles. The van der Waals surface area contributed by atoms with Crippen LogP contribution in [0.15, 0.2) is 36.4 Å². The van der Waals surface area contributed by atoms with Crippen LogP contribution in [-0.2, 0) is 6.54 Å². The van der Waals surface area contributed by atoms with Gasteiger partial charge in [0.25, 0.3) is 5.91 Å². The van der Waals surface area contributed by atoms with E-state index in [4.69, 9.17) is 12.3 Å². The second kappa shape index (κ2) is 5.81. The van der Waals surface area contributed by atoms with Crippen LogP contribution in [0.25, 0.3) is 15.9 Å². The van der Waals surface area contributed by atoms with E-state index >= 15 is 0 Å². The van der Waals surface area contributed by atoms with Gasteiger partial charge in [-0.3, -0.25) is 4.79 Å². The summed E-state index contributed by atoms with van der Waals surface area (Å²) < 4.78 is 0. The molecular weight excluding hydrogens is 290 g/mol. The van der Waals surface area contributed by atoms with Crippen LogP contribution in [0.3, 0.4) is 0 Å². The number of hydrogen-bond donors (Lipinski definition) is 3. The highest BCUT2D eigenvalue weighted by Gasteiger charge is 2.15. The van der Waals surface area contributed by atoms with Gasteiger partial charge in [0.15, 0.2) is 0 Å². The van der Waals surface area contributed by atoms with Crippen LogP contribution in [0.2, 0.25) is 0 Å². The fourth-order valence-corrected chi connectivity index (χ4v) is 2.38. The quantitative estimate of drug-likeness (QED) is 0.650. The molecule has 0 aliphatic heterocycles. The lowest BCUT2D eigenvalue weighted by Crippen LogP contribution is -2.22. The van der Waals surface area contributed by atoms with E-state index in [0.29, 0.717) is 28.3 Å². The maximum absolute atomic E-state index is 12.1. The monoisotopic (exact) mass is 305 g/mol. The van der Waals surface area contributed by atoms with Crippen LogP contribution < -0.4 is 11.1 Å². The highest BCUT2D eigenvalue weighted by molar-refractivity contribution is 5.95. The van der Waals surface area contributed by atoms with E-state index in [1.807, 2.05) is 19.1 Å². The minimum Gasteiger partial charge on any atom is -0.384 e. The third-order valence-electron chi connectivity index (χ3n) is 3.62. The van der Waals surface area contributed by atoms with Crippen molar-refractivity contribution in [2.45, 2.75) is 13.5 Å². The number of hydrogen-bond acceptors (Lipinski definition) is 3. The van der Waals surface area contributed by atoms with Crippen LogP contribution in [-0.4, -0.2) is 15.9 Å². The molecule has 0 atom stereocenters. The first-order valence-corrected chi connectivity index (χ1v) is 7.08. The summed E-state index contributed by atoms with van der Waals surface area (Å²) in [5.41, 5.74) is 9.52. The maximum Gasteiger partial charge on any atom is 0.251 e. The number of nitrogens with one attached hydrogen (secondary N) is 2. The highest BCUT2D eigenvalue weighted by atomic mass is 16.1. The zero-order valence-electron chi connectivity index (χ0n) is 12.6. The summed E-state index contributed by atoms with van der Waals surface area (Å²) in [5.74, 6) is 0.213. The predicted molar refractivity (Wildman–Crippen MR) is 89.1 cm³/mol. The summed E-state index contributed by atoms with van der Waals surface area (Å²) in [6.45, 7) is 9.45. The third-order valence-corrected chi connectivity index (χ3v) is 3.62. The first kappa shape index (κ1) is 14.6. The molecule has 3 rings (SSSR count). The summed E-state index contributed by atoms with van der Waals surface area (Å²) in [4.78, 5) is 23.0. The first-order chi connectivity index (χ1) is 11.1. The zero-order valence-corrected chi connectivity index (χ0v) is 12.6. The van der Waals surface area contributed by atoms with Gasteiger partial charge in [-0.15, -0.1) is 0 Å². The van der Waals surface area contributed by atoms with E-state index in [0.717, 1.165) is 11.1 Å². The normalized spacial score (nSPS) is 10.4. The number of rotatable bonds is 3.